The maximum absolute atomic E-state index is 13.1. The minimum absolute atomic E-state index is 0.0189. The van der Waals surface area contributed by atoms with Gasteiger partial charge in [-0.25, -0.2) is 12.8 Å². The molecular weight excluding hydrogens is 275 g/mol. The molecule has 0 fully saturated rings. The number of hydrogen-bond acceptors (Lipinski definition) is 2. The van der Waals surface area contributed by atoms with Gasteiger partial charge in [-0.1, -0.05) is 44.2 Å². The molecule has 0 atom stereocenters. The summed E-state index contributed by atoms with van der Waals surface area (Å²) in [5.74, 6) is -0.250. The Kier molecular flexibility index (Phi) is 4.23. The molecule has 0 spiro atoms. The number of sulfone groups is 1. The summed E-state index contributed by atoms with van der Waals surface area (Å²) < 4.78 is 37.5. The lowest BCUT2D eigenvalue weighted by molar-refractivity contribution is 0.590. The lowest BCUT2D eigenvalue weighted by Crippen LogP contribution is -2.05. The van der Waals surface area contributed by atoms with Gasteiger partial charge in [-0.3, -0.25) is 0 Å². The monoisotopic (exact) mass is 292 g/mol. The van der Waals surface area contributed by atoms with Crippen molar-refractivity contribution < 1.29 is 12.8 Å². The van der Waals surface area contributed by atoms with E-state index >= 15 is 0 Å². The summed E-state index contributed by atoms with van der Waals surface area (Å²) in [6.45, 7) is 4.16. The van der Waals surface area contributed by atoms with E-state index in [1.54, 1.807) is 0 Å². The quantitative estimate of drug-likeness (QED) is 0.856. The number of halogens is 1. The van der Waals surface area contributed by atoms with Gasteiger partial charge in [-0.05, 0) is 35.2 Å². The molecule has 2 aromatic carbocycles. The number of rotatable bonds is 4. The molecule has 0 radical (unpaired) electrons. The van der Waals surface area contributed by atoms with E-state index in [2.05, 4.69) is 13.8 Å². The van der Waals surface area contributed by atoms with Crippen LogP contribution in [-0.2, 0) is 15.6 Å². The number of hydrogen-bond donors (Lipinski definition) is 0. The third kappa shape index (κ3) is 3.45. The van der Waals surface area contributed by atoms with Crippen LogP contribution in [0.25, 0.3) is 0 Å². The van der Waals surface area contributed by atoms with Crippen LogP contribution in [0.2, 0.25) is 0 Å². The molecule has 2 rings (SSSR count). The van der Waals surface area contributed by atoms with Gasteiger partial charge < -0.3 is 0 Å². The highest BCUT2D eigenvalue weighted by atomic mass is 32.2. The predicted molar refractivity (Wildman–Crippen MR) is 77.8 cm³/mol. The molecule has 0 aliphatic rings. The normalized spacial score (nSPS) is 11.8. The summed E-state index contributed by atoms with van der Waals surface area (Å²) in [6, 6.07) is 12.6. The first-order valence-corrected chi connectivity index (χ1v) is 8.11. The van der Waals surface area contributed by atoms with Crippen LogP contribution in [0.5, 0.6) is 0 Å². The average Bonchev–Trinajstić information content (AvgIpc) is 2.39. The van der Waals surface area contributed by atoms with E-state index in [1.807, 2.05) is 24.3 Å². The van der Waals surface area contributed by atoms with E-state index in [9.17, 15) is 12.8 Å². The molecule has 0 amide bonds. The third-order valence-corrected chi connectivity index (χ3v) is 4.84. The van der Waals surface area contributed by atoms with Crippen LogP contribution in [0, 0.1) is 5.82 Å². The van der Waals surface area contributed by atoms with E-state index in [4.69, 9.17) is 0 Å². The zero-order chi connectivity index (χ0) is 14.8. The first-order valence-electron chi connectivity index (χ1n) is 6.45. The summed E-state index contributed by atoms with van der Waals surface area (Å²) in [4.78, 5) is 0.0189. The van der Waals surface area contributed by atoms with Crippen LogP contribution >= 0.6 is 0 Å². The Morgan fingerprint density at radius 1 is 1.05 bits per heavy atom. The van der Waals surface area contributed by atoms with Crippen LogP contribution < -0.4 is 0 Å². The average molecular weight is 292 g/mol. The van der Waals surface area contributed by atoms with E-state index < -0.39 is 15.7 Å². The molecule has 0 aromatic heterocycles. The molecule has 0 bridgehead atoms. The van der Waals surface area contributed by atoms with E-state index in [-0.39, 0.29) is 10.6 Å². The summed E-state index contributed by atoms with van der Waals surface area (Å²) in [7, 11) is -3.51. The number of benzene rings is 2. The summed E-state index contributed by atoms with van der Waals surface area (Å²) in [5.41, 5.74) is 1.87. The Morgan fingerprint density at radius 3 is 2.25 bits per heavy atom. The van der Waals surface area contributed by atoms with Crippen molar-refractivity contribution in [2.45, 2.75) is 30.4 Å². The fraction of sp³-hybridized carbons (Fsp3) is 0.250. The molecule has 0 heterocycles. The summed E-state index contributed by atoms with van der Waals surface area (Å²) >= 11 is 0. The van der Waals surface area contributed by atoms with Crippen LogP contribution in [0.1, 0.15) is 30.9 Å². The minimum Gasteiger partial charge on any atom is -0.223 e. The Balaban J connectivity index is 2.24. The Hall–Kier alpha value is -1.68. The Bertz CT molecular complexity index is 689. The van der Waals surface area contributed by atoms with Crippen molar-refractivity contribution >= 4 is 9.84 Å². The molecule has 0 unspecified atom stereocenters. The third-order valence-electron chi connectivity index (χ3n) is 3.16. The van der Waals surface area contributed by atoms with Crippen molar-refractivity contribution in [3.05, 3.63) is 65.5 Å². The van der Waals surface area contributed by atoms with E-state index in [1.165, 1.54) is 18.2 Å². The zero-order valence-electron chi connectivity index (χ0n) is 11.5. The summed E-state index contributed by atoms with van der Waals surface area (Å²) in [6.07, 6.45) is 0. The molecular formula is C16H17FO2S. The van der Waals surface area contributed by atoms with E-state index in [0.717, 1.165) is 11.6 Å². The molecule has 0 saturated heterocycles. The van der Waals surface area contributed by atoms with Crippen molar-refractivity contribution in [3.8, 4) is 0 Å². The van der Waals surface area contributed by atoms with Gasteiger partial charge in [0.1, 0.15) is 5.82 Å². The highest BCUT2D eigenvalue weighted by molar-refractivity contribution is 7.90. The second kappa shape index (κ2) is 5.75. The molecule has 106 valence electrons. The molecule has 20 heavy (non-hydrogen) atoms. The lowest BCUT2D eigenvalue weighted by atomic mass is 10.0. The Morgan fingerprint density at radius 2 is 1.70 bits per heavy atom. The highest BCUT2D eigenvalue weighted by Gasteiger charge is 2.16. The fourth-order valence-electron chi connectivity index (χ4n) is 1.96. The topological polar surface area (TPSA) is 34.1 Å². The van der Waals surface area contributed by atoms with Gasteiger partial charge in [0.15, 0.2) is 9.84 Å². The van der Waals surface area contributed by atoms with E-state index in [0.29, 0.717) is 11.5 Å². The second-order valence-electron chi connectivity index (χ2n) is 5.11. The van der Waals surface area contributed by atoms with Crippen molar-refractivity contribution in [1.29, 1.82) is 0 Å². The predicted octanol–water partition coefficient (Wildman–Crippen LogP) is 3.92. The first kappa shape index (κ1) is 14.7. The SMILES string of the molecule is CC(C)c1ccc(CS(=O)(=O)c2cccc(F)c2)cc1. The van der Waals surface area contributed by atoms with Crippen molar-refractivity contribution in [2.75, 3.05) is 0 Å². The van der Waals surface area contributed by atoms with Gasteiger partial charge in [0.05, 0.1) is 10.6 Å². The van der Waals surface area contributed by atoms with Crippen LogP contribution in [0.4, 0.5) is 4.39 Å². The lowest BCUT2D eigenvalue weighted by Gasteiger charge is -2.08. The zero-order valence-corrected chi connectivity index (χ0v) is 12.3. The fourth-order valence-corrected chi connectivity index (χ4v) is 3.34. The van der Waals surface area contributed by atoms with Gasteiger partial charge in [-0.2, -0.15) is 0 Å². The Labute approximate surface area is 119 Å². The largest absolute Gasteiger partial charge is 0.223 e. The van der Waals surface area contributed by atoms with Crippen molar-refractivity contribution in [3.63, 3.8) is 0 Å². The molecule has 4 heteroatoms. The van der Waals surface area contributed by atoms with Crippen molar-refractivity contribution in [1.82, 2.24) is 0 Å². The highest BCUT2D eigenvalue weighted by Crippen LogP contribution is 2.20. The van der Waals surface area contributed by atoms with Crippen LogP contribution in [-0.4, -0.2) is 8.42 Å². The molecule has 0 aliphatic carbocycles. The van der Waals surface area contributed by atoms with Crippen LogP contribution in [0.3, 0.4) is 0 Å². The molecule has 2 aromatic rings. The van der Waals surface area contributed by atoms with Gasteiger partial charge >= 0.3 is 0 Å². The second-order valence-corrected chi connectivity index (χ2v) is 7.10. The first-order chi connectivity index (χ1) is 9.38. The van der Waals surface area contributed by atoms with Crippen LogP contribution in [0.15, 0.2) is 53.4 Å². The van der Waals surface area contributed by atoms with Gasteiger partial charge in [0, 0.05) is 0 Å². The molecule has 2 nitrogen and oxygen atoms in total. The maximum atomic E-state index is 13.1. The van der Waals surface area contributed by atoms with Gasteiger partial charge in [-0.15, -0.1) is 0 Å². The smallest absolute Gasteiger partial charge is 0.182 e. The maximum Gasteiger partial charge on any atom is 0.182 e. The molecule has 0 N–H and O–H groups in total. The standard InChI is InChI=1S/C16H17FO2S/c1-12(2)14-8-6-13(7-9-14)11-20(18,19)16-5-3-4-15(17)10-16/h3-10,12H,11H2,1-2H3. The minimum atomic E-state index is -3.51. The van der Waals surface area contributed by atoms with Gasteiger partial charge in [0.25, 0.3) is 0 Å². The molecule has 0 aliphatic heterocycles. The van der Waals surface area contributed by atoms with Crippen molar-refractivity contribution in [2.24, 2.45) is 0 Å². The molecule has 0 saturated carbocycles. The summed E-state index contributed by atoms with van der Waals surface area (Å²) in [5, 5.41) is 0. The van der Waals surface area contributed by atoms with Gasteiger partial charge in [0.2, 0.25) is 0 Å².